The van der Waals surface area contributed by atoms with E-state index in [4.69, 9.17) is 24.2 Å². The molecule has 20 heteroatoms. The number of carbonyl (C=O) groups excluding carboxylic acids is 3. The molecule has 4 aromatic rings. The van der Waals surface area contributed by atoms with E-state index in [1.165, 1.54) is 10.9 Å². The summed E-state index contributed by atoms with van der Waals surface area (Å²) in [6, 6.07) is 12.7. The van der Waals surface area contributed by atoms with Crippen molar-refractivity contribution in [1.82, 2.24) is 40.8 Å². The first kappa shape index (κ1) is 42.2. The van der Waals surface area contributed by atoms with Gasteiger partial charge in [0, 0.05) is 50.6 Å². The van der Waals surface area contributed by atoms with E-state index in [0.717, 1.165) is 24.1 Å². The number of amides is 3. The molecule has 2 aliphatic heterocycles. The number of halogens is 3. The van der Waals surface area contributed by atoms with Crippen LogP contribution in [-0.2, 0) is 14.3 Å². The van der Waals surface area contributed by atoms with Gasteiger partial charge < -0.3 is 55.4 Å². The molecule has 4 heterocycles. The molecule has 6 N–H and O–H groups in total. The highest BCUT2D eigenvalue weighted by Gasteiger charge is 2.51. The second kappa shape index (κ2) is 18.2. The molecule has 6 atom stereocenters. The van der Waals surface area contributed by atoms with Crippen molar-refractivity contribution in [2.75, 3.05) is 57.2 Å². The lowest BCUT2D eigenvalue weighted by atomic mass is 9.91. The molecule has 2 aromatic heterocycles. The fourth-order valence-corrected chi connectivity index (χ4v) is 8.02. The van der Waals surface area contributed by atoms with Crippen molar-refractivity contribution in [2.24, 2.45) is 0 Å². The van der Waals surface area contributed by atoms with E-state index < -0.39 is 42.3 Å². The first-order chi connectivity index (χ1) is 28.8. The molecule has 2 saturated heterocycles. The van der Waals surface area contributed by atoms with E-state index in [9.17, 15) is 32.7 Å². The number of methoxy groups -OCH3 is 2. The predicted octanol–water partition coefficient (Wildman–Crippen LogP) is 3.00. The van der Waals surface area contributed by atoms with Gasteiger partial charge in [-0.2, -0.15) is 23.1 Å². The third-order valence-electron chi connectivity index (χ3n) is 11.2. The van der Waals surface area contributed by atoms with Crippen LogP contribution in [0.15, 0.2) is 54.9 Å². The van der Waals surface area contributed by atoms with Crippen molar-refractivity contribution in [2.45, 2.75) is 81.1 Å². The Balaban J connectivity index is 1.24. The largest absolute Gasteiger partial charge is 0.497 e. The minimum atomic E-state index is -5.34. The van der Waals surface area contributed by atoms with Crippen LogP contribution in [0, 0.1) is 0 Å². The lowest BCUT2D eigenvalue weighted by molar-refractivity contribution is -0.209. The number of esters is 1. The molecule has 0 radical (unpaired) electrons. The van der Waals surface area contributed by atoms with Crippen LogP contribution in [0.25, 0.3) is 11.2 Å². The highest BCUT2D eigenvalue weighted by molar-refractivity contribution is 5.85. The van der Waals surface area contributed by atoms with Crippen molar-refractivity contribution < 1.29 is 46.9 Å². The number of nitrogens with one attached hydrogen (secondary N) is 5. The molecule has 322 valence electrons. The number of imidazole rings is 1. The van der Waals surface area contributed by atoms with Gasteiger partial charge in [-0.05, 0) is 61.2 Å². The smallest absolute Gasteiger partial charge is 0.490 e. The van der Waals surface area contributed by atoms with Gasteiger partial charge in [0.15, 0.2) is 23.1 Å². The summed E-state index contributed by atoms with van der Waals surface area (Å²) in [6.45, 7) is 4.24. The molecule has 3 aliphatic rings. The number of ether oxygens (including phenoxy) is 3. The first-order valence-electron chi connectivity index (χ1n) is 19.9. The summed E-state index contributed by atoms with van der Waals surface area (Å²) in [5.74, 6) is -1.22. The van der Waals surface area contributed by atoms with E-state index in [2.05, 4.69) is 31.6 Å². The summed E-state index contributed by atoms with van der Waals surface area (Å²) in [7, 11) is 3.18. The van der Waals surface area contributed by atoms with E-state index in [0.29, 0.717) is 49.9 Å². The number of nitrogens with zero attached hydrogens (tertiary/aromatic N) is 5. The minimum Gasteiger partial charge on any atom is -0.497 e. The molecule has 0 unspecified atom stereocenters. The SMILES string of the molecule is CCC(=O)N[C@H]1C[C@@H](n2cnc3c(NCC(c4ccc(OC)cc4)c4ccc(OC)cc4)nc(N4CC[C@@H](NC(=O)N[C@@H]5CCNC5)C4)nc32)[C@H](OC(=O)C(F)(F)F)[C@@H]1O. The molecule has 60 heavy (non-hydrogen) atoms. The number of benzene rings is 2. The average Bonchev–Trinajstić information content (AvgIpc) is 4.07. The molecule has 3 amide bonds. The van der Waals surface area contributed by atoms with Gasteiger partial charge in [0.05, 0.1) is 32.6 Å². The number of carbonyl (C=O) groups is 3. The van der Waals surface area contributed by atoms with Crippen LogP contribution in [0.1, 0.15) is 55.7 Å². The van der Waals surface area contributed by atoms with Crippen LogP contribution >= 0.6 is 0 Å². The van der Waals surface area contributed by atoms with Crippen molar-refractivity contribution >= 4 is 40.8 Å². The molecular weight excluding hydrogens is 789 g/mol. The van der Waals surface area contributed by atoms with Gasteiger partial charge >= 0.3 is 18.2 Å². The van der Waals surface area contributed by atoms with Gasteiger partial charge in [0.1, 0.15) is 17.6 Å². The monoisotopic (exact) mass is 838 g/mol. The van der Waals surface area contributed by atoms with Crippen molar-refractivity contribution in [3.63, 3.8) is 0 Å². The molecule has 0 spiro atoms. The van der Waals surface area contributed by atoms with E-state index in [1.807, 2.05) is 53.4 Å². The maximum atomic E-state index is 13.6. The molecule has 2 aromatic carbocycles. The van der Waals surface area contributed by atoms with E-state index >= 15 is 0 Å². The number of aliphatic hydroxyl groups excluding tert-OH is 1. The number of urea groups is 1. The molecule has 0 bridgehead atoms. The highest BCUT2D eigenvalue weighted by Crippen LogP contribution is 2.38. The Morgan fingerprint density at radius 1 is 0.950 bits per heavy atom. The molecule has 7 rings (SSSR count). The van der Waals surface area contributed by atoms with Crippen LogP contribution in [0.5, 0.6) is 11.5 Å². The topological polar surface area (TPSA) is 206 Å². The average molecular weight is 839 g/mol. The number of hydrogen-bond acceptors (Lipinski definition) is 13. The van der Waals surface area contributed by atoms with Gasteiger partial charge in [0.25, 0.3) is 0 Å². The van der Waals surface area contributed by atoms with Crippen molar-refractivity contribution in [1.29, 1.82) is 0 Å². The van der Waals surface area contributed by atoms with Crippen molar-refractivity contribution in [3.05, 3.63) is 66.0 Å². The first-order valence-corrected chi connectivity index (χ1v) is 19.9. The summed E-state index contributed by atoms with van der Waals surface area (Å²) in [5.41, 5.74) is 2.36. The van der Waals surface area contributed by atoms with Crippen LogP contribution in [-0.4, -0.2) is 126 Å². The third-order valence-corrected chi connectivity index (χ3v) is 11.2. The molecule has 17 nitrogen and oxygen atoms in total. The lowest BCUT2D eigenvalue weighted by Gasteiger charge is -2.25. The highest BCUT2D eigenvalue weighted by atomic mass is 19.4. The van der Waals surface area contributed by atoms with E-state index in [-0.39, 0.29) is 54.0 Å². The Morgan fingerprint density at radius 2 is 1.62 bits per heavy atom. The van der Waals surface area contributed by atoms with Gasteiger partial charge in [-0.15, -0.1) is 0 Å². The molecular formula is C40H49F3N10O7. The summed E-state index contributed by atoms with van der Waals surface area (Å²) in [6.07, 6.45) is -6.02. The minimum absolute atomic E-state index is 0.0325. The molecule has 1 aliphatic carbocycles. The number of aliphatic hydroxyl groups is 1. The van der Waals surface area contributed by atoms with Gasteiger partial charge in [-0.25, -0.2) is 14.6 Å². The predicted molar refractivity (Wildman–Crippen MR) is 213 cm³/mol. The van der Waals surface area contributed by atoms with Gasteiger partial charge in [-0.3, -0.25) is 4.79 Å². The zero-order valence-corrected chi connectivity index (χ0v) is 33.4. The number of aromatic nitrogens is 4. The Hall–Kier alpha value is -5.89. The van der Waals surface area contributed by atoms with Gasteiger partial charge in [-0.1, -0.05) is 31.2 Å². The maximum absolute atomic E-state index is 13.6. The Labute approximate surface area is 343 Å². The van der Waals surface area contributed by atoms with Gasteiger partial charge in [0.2, 0.25) is 11.9 Å². The van der Waals surface area contributed by atoms with E-state index in [1.54, 1.807) is 21.1 Å². The molecule has 3 fully saturated rings. The fraction of sp³-hybridized carbons (Fsp3) is 0.500. The summed E-state index contributed by atoms with van der Waals surface area (Å²) in [4.78, 5) is 53.8. The number of hydrogen-bond donors (Lipinski definition) is 6. The van der Waals surface area contributed by atoms with Crippen LogP contribution in [0.2, 0.25) is 0 Å². The van der Waals surface area contributed by atoms with Crippen LogP contribution < -0.4 is 41.0 Å². The van der Waals surface area contributed by atoms with Crippen LogP contribution in [0.4, 0.5) is 29.7 Å². The number of rotatable bonds is 14. The Bertz CT molecular complexity index is 2090. The summed E-state index contributed by atoms with van der Waals surface area (Å²) in [5, 5.41) is 26.6. The van der Waals surface area contributed by atoms with Crippen molar-refractivity contribution in [3.8, 4) is 11.5 Å². The second-order valence-electron chi connectivity index (χ2n) is 15.1. The zero-order chi connectivity index (χ0) is 42.6. The summed E-state index contributed by atoms with van der Waals surface area (Å²) >= 11 is 0. The second-order valence-corrected chi connectivity index (χ2v) is 15.1. The maximum Gasteiger partial charge on any atom is 0.490 e. The number of alkyl halides is 3. The number of anilines is 2. The lowest BCUT2D eigenvalue weighted by Crippen LogP contribution is -2.47. The normalized spacial score (nSPS) is 22.8. The third kappa shape index (κ3) is 9.44. The van der Waals surface area contributed by atoms with Crippen LogP contribution in [0.3, 0.4) is 0 Å². The standard InChI is InChI=1S/C40H49F3N10O7/c1-4-31(54)49-29-17-30(34(33(29)55)60-37(56)40(41,42)43)53-21-46-32-35(45-19-28(22-5-9-26(58-2)10-6-22)23-7-11-27(59-3)12-8-23)50-38(51-36(32)53)52-16-14-25(20-52)48-39(57)47-24-13-15-44-18-24/h5-12,21,24-25,28-30,33-34,44,55H,4,13-20H2,1-3H3,(H,49,54)(H,45,50,51)(H2,47,48,57)/t24-,25-,29+,30-,33-,34+/m1/s1. The quantitative estimate of drug-likeness (QED) is 0.101. The fourth-order valence-electron chi connectivity index (χ4n) is 8.02. The zero-order valence-electron chi connectivity index (χ0n) is 33.4. The summed E-state index contributed by atoms with van der Waals surface area (Å²) < 4.78 is 57.8. The molecule has 1 saturated carbocycles. The Kier molecular flexibility index (Phi) is 12.8. The number of fused-ring (bicyclic) bond motifs is 1. The Morgan fingerprint density at radius 3 is 2.22 bits per heavy atom.